The standard InChI is InChI=1S/C20H19ClN4O2/c21-14-5-7-15(8-6-14)22-19(26)13-9-11-25(12-10-13)20(27)18-16-3-1-2-4-17(16)23-24-18/h1-8,13H,9-12H2,(H,22,26)(H,23,24). The van der Waals surface area contributed by atoms with Crippen LogP contribution < -0.4 is 5.32 Å². The minimum Gasteiger partial charge on any atom is -0.337 e. The third kappa shape index (κ3) is 3.66. The number of H-pyrrole nitrogens is 1. The van der Waals surface area contributed by atoms with E-state index in [1.54, 1.807) is 29.2 Å². The fraction of sp³-hybridized carbons (Fsp3) is 0.250. The molecule has 1 aliphatic rings. The lowest BCUT2D eigenvalue weighted by atomic mass is 9.95. The summed E-state index contributed by atoms with van der Waals surface area (Å²) < 4.78 is 0. The van der Waals surface area contributed by atoms with E-state index in [0.29, 0.717) is 36.6 Å². The Morgan fingerprint density at radius 3 is 2.52 bits per heavy atom. The van der Waals surface area contributed by atoms with Gasteiger partial charge in [0.1, 0.15) is 0 Å². The fourth-order valence-corrected chi connectivity index (χ4v) is 3.52. The molecule has 6 nitrogen and oxygen atoms in total. The number of anilines is 1. The molecule has 1 aliphatic heterocycles. The quantitative estimate of drug-likeness (QED) is 0.724. The van der Waals surface area contributed by atoms with Gasteiger partial charge in [0, 0.05) is 35.1 Å². The molecule has 1 fully saturated rings. The zero-order chi connectivity index (χ0) is 18.8. The van der Waals surface area contributed by atoms with Crippen molar-refractivity contribution in [2.45, 2.75) is 12.8 Å². The molecule has 2 amide bonds. The molecule has 0 saturated carbocycles. The van der Waals surface area contributed by atoms with E-state index in [2.05, 4.69) is 15.5 Å². The van der Waals surface area contributed by atoms with Crippen LogP contribution in [0.5, 0.6) is 0 Å². The van der Waals surface area contributed by atoms with Gasteiger partial charge in [0.2, 0.25) is 5.91 Å². The molecular formula is C20H19ClN4O2. The summed E-state index contributed by atoms with van der Waals surface area (Å²) in [4.78, 5) is 27.0. The summed E-state index contributed by atoms with van der Waals surface area (Å²) in [6.45, 7) is 1.08. The summed E-state index contributed by atoms with van der Waals surface area (Å²) >= 11 is 5.86. The van der Waals surface area contributed by atoms with Gasteiger partial charge in [-0.2, -0.15) is 5.10 Å². The highest BCUT2D eigenvalue weighted by Gasteiger charge is 2.29. The van der Waals surface area contributed by atoms with Crippen molar-refractivity contribution < 1.29 is 9.59 Å². The number of halogens is 1. The molecule has 2 N–H and O–H groups in total. The van der Waals surface area contributed by atoms with E-state index in [1.807, 2.05) is 24.3 Å². The number of para-hydroxylation sites is 1. The molecule has 0 unspecified atom stereocenters. The van der Waals surface area contributed by atoms with Crippen molar-refractivity contribution in [3.8, 4) is 0 Å². The first-order valence-electron chi connectivity index (χ1n) is 8.90. The lowest BCUT2D eigenvalue weighted by molar-refractivity contribution is -0.121. The number of benzene rings is 2. The minimum absolute atomic E-state index is 0.0189. The van der Waals surface area contributed by atoms with Gasteiger partial charge in [0.25, 0.3) is 5.91 Å². The Balaban J connectivity index is 1.37. The molecule has 138 valence electrons. The number of carbonyl (C=O) groups excluding carboxylic acids is 2. The summed E-state index contributed by atoms with van der Waals surface area (Å²) in [6, 6.07) is 14.6. The second-order valence-electron chi connectivity index (χ2n) is 6.68. The van der Waals surface area contributed by atoms with Gasteiger partial charge in [-0.05, 0) is 43.2 Å². The predicted octanol–water partition coefficient (Wildman–Crippen LogP) is 3.71. The van der Waals surface area contributed by atoms with Crippen molar-refractivity contribution >= 4 is 40.0 Å². The van der Waals surface area contributed by atoms with Crippen LogP contribution in [0.4, 0.5) is 5.69 Å². The van der Waals surface area contributed by atoms with E-state index in [9.17, 15) is 9.59 Å². The first-order valence-corrected chi connectivity index (χ1v) is 9.28. The maximum atomic E-state index is 12.8. The van der Waals surface area contributed by atoms with E-state index in [0.717, 1.165) is 16.6 Å². The fourth-order valence-electron chi connectivity index (χ4n) is 3.40. The lowest BCUT2D eigenvalue weighted by Gasteiger charge is -2.31. The molecule has 0 atom stereocenters. The second kappa shape index (κ2) is 7.40. The van der Waals surface area contributed by atoms with Gasteiger partial charge in [-0.3, -0.25) is 14.7 Å². The molecule has 1 aromatic heterocycles. The zero-order valence-corrected chi connectivity index (χ0v) is 15.4. The molecule has 0 spiro atoms. The molecule has 2 heterocycles. The van der Waals surface area contributed by atoms with Crippen LogP contribution in [0.2, 0.25) is 5.02 Å². The SMILES string of the molecule is O=C(Nc1ccc(Cl)cc1)C1CCN(C(=O)c2n[nH]c3ccccc23)CC1. The molecular weight excluding hydrogens is 364 g/mol. The maximum Gasteiger partial charge on any atom is 0.274 e. The van der Waals surface area contributed by atoms with Gasteiger partial charge in [-0.15, -0.1) is 0 Å². The monoisotopic (exact) mass is 382 g/mol. The number of piperidine rings is 1. The third-order valence-corrected chi connectivity index (χ3v) is 5.19. The molecule has 0 aliphatic carbocycles. The summed E-state index contributed by atoms with van der Waals surface area (Å²) in [5.74, 6) is -0.223. The summed E-state index contributed by atoms with van der Waals surface area (Å²) in [5, 5.41) is 11.4. The zero-order valence-electron chi connectivity index (χ0n) is 14.6. The van der Waals surface area contributed by atoms with Crippen LogP contribution >= 0.6 is 11.6 Å². The number of nitrogens with one attached hydrogen (secondary N) is 2. The van der Waals surface area contributed by atoms with E-state index in [-0.39, 0.29) is 17.7 Å². The average Bonchev–Trinajstić information content (AvgIpc) is 3.13. The van der Waals surface area contributed by atoms with Gasteiger partial charge in [0.15, 0.2) is 5.69 Å². The van der Waals surface area contributed by atoms with Gasteiger partial charge in [0.05, 0.1) is 5.52 Å². The normalized spacial score (nSPS) is 15.1. The lowest BCUT2D eigenvalue weighted by Crippen LogP contribution is -2.41. The highest BCUT2D eigenvalue weighted by Crippen LogP contribution is 2.23. The molecule has 4 rings (SSSR count). The number of amides is 2. The van der Waals surface area contributed by atoms with Crippen LogP contribution in [0.3, 0.4) is 0 Å². The number of rotatable bonds is 3. The number of carbonyl (C=O) groups is 2. The smallest absolute Gasteiger partial charge is 0.274 e. The van der Waals surface area contributed by atoms with E-state index in [4.69, 9.17) is 11.6 Å². The Morgan fingerprint density at radius 1 is 1.07 bits per heavy atom. The Kier molecular flexibility index (Phi) is 4.81. The molecule has 3 aromatic rings. The van der Waals surface area contributed by atoms with Crippen LogP contribution in [0, 0.1) is 5.92 Å². The minimum atomic E-state index is -0.111. The number of hydrogen-bond acceptors (Lipinski definition) is 3. The van der Waals surface area contributed by atoms with E-state index in [1.165, 1.54) is 0 Å². The second-order valence-corrected chi connectivity index (χ2v) is 7.12. The van der Waals surface area contributed by atoms with Gasteiger partial charge >= 0.3 is 0 Å². The number of likely N-dealkylation sites (tertiary alicyclic amines) is 1. The largest absolute Gasteiger partial charge is 0.337 e. The Labute approximate surface area is 161 Å². The molecule has 27 heavy (non-hydrogen) atoms. The Hall–Kier alpha value is -2.86. The van der Waals surface area contributed by atoms with Crippen molar-refractivity contribution in [2.24, 2.45) is 5.92 Å². The number of nitrogens with zero attached hydrogens (tertiary/aromatic N) is 2. The van der Waals surface area contributed by atoms with Crippen molar-refractivity contribution in [1.29, 1.82) is 0 Å². The highest BCUT2D eigenvalue weighted by atomic mass is 35.5. The summed E-state index contributed by atoms with van der Waals surface area (Å²) in [6.07, 6.45) is 1.26. The third-order valence-electron chi connectivity index (χ3n) is 4.94. The van der Waals surface area contributed by atoms with Crippen LogP contribution in [0.1, 0.15) is 23.3 Å². The molecule has 1 saturated heterocycles. The van der Waals surface area contributed by atoms with E-state index >= 15 is 0 Å². The molecule has 2 aromatic carbocycles. The van der Waals surface area contributed by atoms with Crippen molar-refractivity contribution in [1.82, 2.24) is 15.1 Å². The first-order chi connectivity index (χ1) is 13.1. The van der Waals surface area contributed by atoms with Gasteiger partial charge < -0.3 is 10.2 Å². The van der Waals surface area contributed by atoms with Crippen LogP contribution in [0.15, 0.2) is 48.5 Å². The summed E-state index contributed by atoms with van der Waals surface area (Å²) in [5.41, 5.74) is 2.01. The van der Waals surface area contributed by atoms with Crippen molar-refractivity contribution in [2.75, 3.05) is 18.4 Å². The highest BCUT2D eigenvalue weighted by molar-refractivity contribution is 6.30. The van der Waals surface area contributed by atoms with Crippen molar-refractivity contribution in [3.63, 3.8) is 0 Å². The van der Waals surface area contributed by atoms with Gasteiger partial charge in [-0.25, -0.2) is 0 Å². The summed E-state index contributed by atoms with van der Waals surface area (Å²) in [7, 11) is 0. The number of aromatic amines is 1. The molecule has 0 radical (unpaired) electrons. The van der Waals surface area contributed by atoms with Crippen molar-refractivity contribution in [3.05, 3.63) is 59.2 Å². The van der Waals surface area contributed by atoms with E-state index < -0.39 is 0 Å². The predicted molar refractivity (Wildman–Crippen MR) is 105 cm³/mol. The van der Waals surface area contributed by atoms with Crippen LogP contribution in [0.25, 0.3) is 10.9 Å². The average molecular weight is 383 g/mol. The maximum absolute atomic E-state index is 12.8. The van der Waals surface area contributed by atoms with Crippen LogP contribution in [-0.2, 0) is 4.79 Å². The van der Waals surface area contributed by atoms with Crippen LogP contribution in [-0.4, -0.2) is 40.0 Å². The Morgan fingerprint density at radius 2 is 1.78 bits per heavy atom. The Bertz CT molecular complexity index is 975. The first kappa shape index (κ1) is 17.5. The van der Waals surface area contributed by atoms with Gasteiger partial charge in [-0.1, -0.05) is 29.8 Å². The number of fused-ring (bicyclic) bond motifs is 1. The number of aromatic nitrogens is 2. The molecule has 0 bridgehead atoms. The topological polar surface area (TPSA) is 78.1 Å². The number of hydrogen-bond donors (Lipinski definition) is 2. The molecule has 7 heteroatoms.